The van der Waals surface area contributed by atoms with Gasteiger partial charge in [-0.1, -0.05) is 12.2 Å². The zero-order chi connectivity index (χ0) is 10.2. The van der Waals surface area contributed by atoms with Crippen LogP contribution in [0.2, 0.25) is 0 Å². The molecule has 1 aliphatic heterocycles. The van der Waals surface area contributed by atoms with Crippen LogP contribution in [-0.4, -0.2) is 31.1 Å². The molecule has 0 bridgehead atoms. The zero-order valence-corrected chi connectivity index (χ0v) is 9.26. The minimum atomic E-state index is -3.07. The SMILES string of the molecule is C=C(C)C1CCC(C)N1S(C)(=O)=O. The smallest absolute Gasteiger partial charge is 0.211 e. The molecular formula is C9H17NO2S. The summed E-state index contributed by atoms with van der Waals surface area (Å²) >= 11 is 0. The van der Waals surface area contributed by atoms with Crippen LogP contribution < -0.4 is 0 Å². The zero-order valence-electron chi connectivity index (χ0n) is 8.45. The van der Waals surface area contributed by atoms with Crippen molar-refractivity contribution in [2.75, 3.05) is 6.26 Å². The number of nitrogens with zero attached hydrogens (tertiary/aromatic N) is 1. The van der Waals surface area contributed by atoms with Crippen LogP contribution in [0.1, 0.15) is 26.7 Å². The van der Waals surface area contributed by atoms with Crippen LogP contribution in [-0.2, 0) is 10.0 Å². The predicted molar refractivity (Wildman–Crippen MR) is 54.0 cm³/mol. The van der Waals surface area contributed by atoms with Crippen molar-refractivity contribution >= 4 is 10.0 Å². The molecule has 1 saturated heterocycles. The van der Waals surface area contributed by atoms with Gasteiger partial charge in [0.25, 0.3) is 0 Å². The van der Waals surface area contributed by atoms with Gasteiger partial charge in [0.15, 0.2) is 0 Å². The van der Waals surface area contributed by atoms with Gasteiger partial charge in [-0.25, -0.2) is 8.42 Å². The molecule has 2 atom stereocenters. The molecule has 2 unspecified atom stereocenters. The lowest BCUT2D eigenvalue weighted by Gasteiger charge is -2.25. The Bertz CT molecular complexity index is 308. The van der Waals surface area contributed by atoms with E-state index in [2.05, 4.69) is 6.58 Å². The van der Waals surface area contributed by atoms with E-state index in [-0.39, 0.29) is 12.1 Å². The van der Waals surface area contributed by atoms with Crippen LogP contribution in [0.5, 0.6) is 0 Å². The predicted octanol–water partition coefficient (Wildman–Crippen LogP) is 1.38. The number of hydrogen-bond acceptors (Lipinski definition) is 2. The third kappa shape index (κ3) is 2.11. The molecule has 1 rings (SSSR count). The van der Waals surface area contributed by atoms with Crippen LogP contribution in [0.15, 0.2) is 12.2 Å². The summed E-state index contributed by atoms with van der Waals surface area (Å²) in [5.74, 6) is 0. The molecule has 13 heavy (non-hydrogen) atoms. The summed E-state index contributed by atoms with van der Waals surface area (Å²) in [5, 5.41) is 0. The van der Waals surface area contributed by atoms with E-state index in [9.17, 15) is 8.42 Å². The molecule has 0 saturated carbocycles. The Kier molecular flexibility index (Phi) is 2.82. The highest BCUT2D eigenvalue weighted by Crippen LogP contribution is 2.30. The molecule has 0 aromatic heterocycles. The highest BCUT2D eigenvalue weighted by atomic mass is 32.2. The highest BCUT2D eigenvalue weighted by molar-refractivity contribution is 7.88. The molecule has 1 heterocycles. The molecule has 0 amide bonds. The molecule has 76 valence electrons. The standard InChI is InChI=1S/C9H17NO2S/c1-7(2)9-6-5-8(3)10(9)13(4,11)12/h8-9H,1,5-6H2,2-4H3. The number of rotatable bonds is 2. The van der Waals surface area contributed by atoms with Crippen LogP contribution in [0, 0.1) is 0 Å². The molecule has 0 aliphatic carbocycles. The summed E-state index contributed by atoms with van der Waals surface area (Å²) in [4.78, 5) is 0. The number of hydrogen-bond donors (Lipinski definition) is 0. The Labute approximate surface area is 80.5 Å². The maximum absolute atomic E-state index is 11.4. The van der Waals surface area contributed by atoms with E-state index in [1.165, 1.54) is 6.26 Å². The fraction of sp³-hybridized carbons (Fsp3) is 0.778. The summed E-state index contributed by atoms with van der Waals surface area (Å²) in [5.41, 5.74) is 0.940. The lowest BCUT2D eigenvalue weighted by atomic mass is 10.1. The Morgan fingerprint density at radius 2 is 2.00 bits per heavy atom. The lowest BCUT2D eigenvalue weighted by molar-refractivity contribution is 0.364. The van der Waals surface area contributed by atoms with Gasteiger partial charge in [-0.2, -0.15) is 4.31 Å². The first-order valence-electron chi connectivity index (χ1n) is 4.48. The normalized spacial score (nSPS) is 30.7. The first-order valence-corrected chi connectivity index (χ1v) is 6.32. The minimum Gasteiger partial charge on any atom is -0.212 e. The Hall–Kier alpha value is -0.350. The average molecular weight is 203 g/mol. The molecule has 0 aromatic carbocycles. The van der Waals surface area contributed by atoms with Gasteiger partial charge in [-0.3, -0.25) is 0 Å². The Balaban J connectivity index is 2.97. The van der Waals surface area contributed by atoms with Crippen LogP contribution in [0.4, 0.5) is 0 Å². The van der Waals surface area contributed by atoms with Crippen LogP contribution in [0.3, 0.4) is 0 Å². The van der Waals surface area contributed by atoms with Crippen molar-refractivity contribution in [3.05, 3.63) is 12.2 Å². The molecule has 0 spiro atoms. The first kappa shape index (κ1) is 10.7. The van der Waals surface area contributed by atoms with Gasteiger partial charge < -0.3 is 0 Å². The maximum Gasteiger partial charge on any atom is 0.211 e. The molecule has 0 aromatic rings. The second-order valence-electron chi connectivity index (χ2n) is 3.88. The second kappa shape index (κ2) is 3.42. The van der Waals surface area contributed by atoms with Gasteiger partial charge in [0.2, 0.25) is 10.0 Å². The van der Waals surface area contributed by atoms with Crippen molar-refractivity contribution in [2.24, 2.45) is 0 Å². The van der Waals surface area contributed by atoms with Crippen molar-refractivity contribution < 1.29 is 8.42 Å². The second-order valence-corrected chi connectivity index (χ2v) is 5.77. The topological polar surface area (TPSA) is 37.4 Å². The van der Waals surface area contributed by atoms with E-state index < -0.39 is 10.0 Å². The third-order valence-corrected chi connectivity index (χ3v) is 3.93. The largest absolute Gasteiger partial charge is 0.212 e. The first-order chi connectivity index (χ1) is 5.84. The summed E-state index contributed by atoms with van der Waals surface area (Å²) < 4.78 is 24.5. The van der Waals surface area contributed by atoms with Gasteiger partial charge in [-0.05, 0) is 26.7 Å². The average Bonchev–Trinajstić information content (AvgIpc) is 2.28. The highest BCUT2D eigenvalue weighted by Gasteiger charge is 2.36. The molecule has 4 heteroatoms. The monoisotopic (exact) mass is 203 g/mol. The van der Waals surface area contributed by atoms with Crippen molar-refractivity contribution in [1.82, 2.24) is 4.31 Å². The summed E-state index contributed by atoms with van der Waals surface area (Å²) in [6.45, 7) is 7.67. The molecular weight excluding hydrogens is 186 g/mol. The van der Waals surface area contributed by atoms with E-state index >= 15 is 0 Å². The molecule has 1 aliphatic rings. The van der Waals surface area contributed by atoms with Gasteiger partial charge in [0.1, 0.15) is 0 Å². The van der Waals surface area contributed by atoms with Crippen molar-refractivity contribution in [3.63, 3.8) is 0 Å². The fourth-order valence-electron chi connectivity index (χ4n) is 1.98. The van der Waals surface area contributed by atoms with Crippen LogP contribution in [0.25, 0.3) is 0 Å². The maximum atomic E-state index is 11.4. The fourth-order valence-corrected chi connectivity index (χ4v) is 3.49. The Morgan fingerprint density at radius 3 is 2.31 bits per heavy atom. The van der Waals surface area contributed by atoms with Gasteiger partial charge >= 0.3 is 0 Å². The van der Waals surface area contributed by atoms with E-state index in [0.29, 0.717) is 0 Å². The summed E-state index contributed by atoms with van der Waals surface area (Å²) in [6, 6.07) is 0.140. The van der Waals surface area contributed by atoms with E-state index in [1.54, 1.807) is 4.31 Å². The van der Waals surface area contributed by atoms with E-state index in [1.807, 2.05) is 13.8 Å². The summed E-state index contributed by atoms with van der Waals surface area (Å²) in [7, 11) is -3.07. The van der Waals surface area contributed by atoms with E-state index in [4.69, 9.17) is 0 Å². The minimum absolute atomic E-state index is 0.0185. The van der Waals surface area contributed by atoms with Crippen molar-refractivity contribution in [2.45, 2.75) is 38.8 Å². The lowest BCUT2D eigenvalue weighted by Crippen LogP contribution is -2.39. The van der Waals surface area contributed by atoms with Crippen molar-refractivity contribution in [3.8, 4) is 0 Å². The van der Waals surface area contributed by atoms with Crippen molar-refractivity contribution in [1.29, 1.82) is 0 Å². The third-order valence-electron chi connectivity index (χ3n) is 2.55. The van der Waals surface area contributed by atoms with Crippen LogP contribution >= 0.6 is 0 Å². The van der Waals surface area contributed by atoms with Gasteiger partial charge in [0, 0.05) is 12.1 Å². The van der Waals surface area contributed by atoms with Gasteiger partial charge in [-0.15, -0.1) is 0 Å². The summed E-state index contributed by atoms with van der Waals surface area (Å²) in [6.07, 6.45) is 3.11. The quantitative estimate of drug-likeness (QED) is 0.636. The molecule has 1 fully saturated rings. The molecule has 0 N–H and O–H groups in total. The van der Waals surface area contributed by atoms with Gasteiger partial charge in [0.05, 0.1) is 6.26 Å². The number of sulfonamides is 1. The Morgan fingerprint density at radius 1 is 1.46 bits per heavy atom. The molecule has 3 nitrogen and oxygen atoms in total. The van der Waals surface area contributed by atoms with E-state index in [0.717, 1.165) is 18.4 Å². The molecule has 0 radical (unpaired) electrons.